The Hall–Kier alpha value is -2.31. The molecule has 0 saturated heterocycles. The number of aromatic nitrogens is 4. The molecule has 19 heavy (non-hydrogen) atoms. The van der Waals surface area contributed by atoms with Crippen molar-refractivity contribution in [2.75, 3.05) is 11.9 Å². The molecule has 0 fully saturated rings. The van der Waals surface area contributed by atoms with Gasteiger partial charge in [0.1, 0.15) is 11.4 Å². The molecule has 0 radical (unpaired) electrons. The number of hydrogen-bond donors (Lipinski definition) is 2. The summed E-state index contributed by atoms with van der Waals surface area (Å²) in [5.74, 6) is -0.411. The molecule has 0 atom stereocenters. The van der Waals surface area contributed by atoms with E-state index in [0.717, 1.165) is 13.0 Å². The molecule has 7 nitrogen and oxygen atoms in total. The summed E-state index contributed by atoms with van der Waals surface area (Å²) in [7, 11) is 1.73. The zero-order chi connectivity index (χ0) is 13.8. The SMILES string of the molecule is Cc1nn(C)c(NCCCn2cccn2)c1C(=O)O. The van der Waals surface area contributed by atoms with E-state index in [1.165, 1.54) is 0 Å². The lowest BCUT2D eigenvalue weighted by Crippen LogP contribution is -2.12. The summed E-state index contributed by atoms with van der Waals surface area (Å²) in [4.78, 5) is 11.2. The van der Waals surface area contributed by atoms with Gasteiger partial charge in [0.25, 0.3) is 0 Å². The van der Waals surface area contributed by atoms with E-state index in [0.29, 0.717) is 18.1 Å². The third-order valence-electron chi connectivity index (χ3n) is 2.85. The molecule has 2 heterocycles. The topological polar surface area (TPSA) is 85.0 Å². The van der Waals surface area contributed by atoms with E-state index in [4.69, 9.17) is 5.11 Å². The Bertz CT molecular complexity index is 559. The quantitative estimate of drug-likeness (QED) is 0.763. The second-order valence-corrected chi connectivity index (χ2v) is 4.29. The Morgan fingerprint density at radius 3 is 2.95 bits per heavy atom. The van der Waals surface area contributed by atoms with Gasteiger partial charge in [0.2, 0.25) is 0 Å². The average Bonchev–Trinajstić information content (AvgIpc) is 2.93. The molecule has 7 heteroatoms. The van der Waals surface area contributed by atoms with E-state index in [1.54, 1.807) is 24.9 Å². The molecular weight excluding hydrogens is 246 g/mol. The molecule has 0 amide bonds. The third-order valence-corrected chi connectivity index (χ3v) is 2.85. The molecule has 0 aliphatic rings. The summed E-state index contributed by atoms with van der Waals surface area (Å²) in [6.45, 7) is 3.15. The normalized spacial score (nSPS) is 10.6. The van der Waals surface area contributed by atoms with Crippen molar-refractivity contribution in [2.45, 2.75) is 19.9 Å². The number of carboxylic acid groups (broad SMARTS) is 1. The van der Waals surface area contributed by atoms with Gasteiger partial charge in [-0.2, -0.15) is 10.2 Å². The standard InChI is InChI=1S/C12H17N5O2/c1-9-10(12(18)19)11(16(2)15-9)13-5-3-7-17-8-4-6-14-17/h4,6,8,13H,3,5,7H2,1-2H3,(H,18,19). The third kappa shape index (κ3) is 2.93. The van der Waals surface area contributed by atoms with Gasteiger partial charge < -0.3 is 10.4 Å². The molecule has 0 aromatic carbocycles. The van der Waals surface area contributed by atoms with Crippen LogP contribution >= 0.6 is 0 Å². The molecule has 0 saturated carbocycles. The Morgan fingerprint density at radius 2 is 2.32 bits per heavy atom. The van der Waals surface area contributed by atoms with Gasteiger partial charge in [0, 0.05) is 32.5 Å². The van der Waals surface area contributed by atoms with E-state index in [1.807, 2.05) is 16.9 Å². The molecule has 0 spiro atoms. The lowest BCUT2D eigenvalue weighted by Gasteiger charge is -2.08. The highest BCUT2D eigenvalue weighted by molar-refractivity contribution is 5.94. The van der Waals surface area contributed by atoms with E-state index in [9.17, 15) is 4.79 Å². The van der Waals surface area contributed by atoms with Crippen LogP contribution in [0.2, 0.25) is 0 Å². The minimum atomic E-state index is -0.958. The van der Waals surface area contributed by atoms with Gasteiger partial charge in [-0.25, -0.2) is 4.79 Å². The van der Waals surface area contributed by atoms with Crippen molar-refractivity contribution in [3.05, 3.63) is 29.7 Å². The molecule has 2 aromatic heterocycles. The molecule has 102 valence electrons. The zero-order valence-corrected chi connectivity index (χ0v) is 11.0. The van der Waals surface area contributed by atoms with Gasteiger partial charge in [-0.15, -0.1) is 0 Å². The first-order valence-corrected chi connectivity index (χ1v) is 6.08. The van der Waals surface area contributed by atoms with Crippen molar-refractivity contribution in [2.24, 2.45) is 7.05 Å². The van der Waals surface area contributed by atoms with E-state index >= 15 is 0 Å². The minimum absolute atomic E-state index is 0.238. The van der Waals surface area contributed by atoms with Gasteiger partial charge >= 0.3 is 5.97 Å². The number of carbonyl (C=O) groups is 1. The fraction of sp³-hybridized carbons (Fsp3) is 0.417. The van der Waals surface area contributed by atoms with E-state index < -0.39 is 5.97 Å². The second-order valence-electron chi connectivity index (χ2n) is 4.29. The molecule has 0 unspecified atom stereocenters. The molecule has 2 N–H and O–H groups in total. The zero-order valence-electron chi connectivity index (χ0n) is 11.0. The van der Waals surface area contributed by atoms with Crippen LogP contribution in [0.1, 0.15) is 22.5 Å². The summed E-state index contributed by atoms with van der Waals surface area (Å²) in [5, 5.41) is 20.5. The summed E-state index contributed by atoms with van der Waals surface area (Å²) in [6.07, 6.45) is 4.49. The predicted octanol–water partition coefficient (Wildman–Crippen LogP) is 1.13. The van der Waals surface area contributed by atoms with Gasteiger partial charge in [0.05, 0.1) is 5.69 Å². The number of hydrogen-bond acceptors (Lipinski definition) is 4. The predicted molar refractivity (Wildman–Crippen MR) is 70.2 cm³/mol. The molecule has 0 bridgehead atoms. The number of nitrogens with one attached hydrogen (secondary N) is 1. The van der Waals surface area contributed by atoms with Crippen molar-refractivity contribution in [1.29, 1.82) is 0 Å². The Morgan fingerprint density at radius 1 is 1.53 bits per heavy atom. The van der Waals surface area contributed by atoms with E-state index in [2.05, 4.69) is 15.5 Å². The summed E-state index contributed by atoms with van der Waals surface area (Å²) >= 11 is 0. The average molecular weight is 263 g/mol. The number of aromatic carboxylic acids is 1. The summed E-state index contributed by atoms with van der Waals surface area (Å²) < 4.78 is 3.40. The Kier molecular flexibility index (Phi) is 3.84. The lowest BCUT2D eigenvalue weighted by molar-refractivity contribution is 0.0697. The molecule has 0 aliphatic carbocycles. The maximum Gasteiger partial charge on any atom is 0.341 e. The van der Waals surface area contributed by atoms with Crippen LogP contribution in [0.5, 0.6) is 0 Å². The van der Waals surface area contributed by atoms with Crippen LogP contribution in [0, 0.1) is 6.92 Å². The Balaban J connectivity index is 1.94. The number of nitrogens with zero attached hydrogens (tertiary/aromatic N) is 4. The molecule has 2 aromatic rings. The fourth-order valence-electron chi connectivity index (χ4n) is 2.00. The first-order valence-electron chi connectivity index (χ1n) is 6.08. The van der Waals surface area contributed by atoms with Crippen molar-refractivity contribution < 1.29 is 9.90 Å². The van der Waals surface area contributed by atoms with Crippen LogP contribution in [-0.4, -0.2) is 37.2 Å². The fourth-order valence-corrected chi connectivity index (χ4v) is 2.00. The van der Waals surface area contributed by atoms with Crippen LogP contribution < -0.4 is 5.32 Å². The van der Waals surface area contributed by atoms with Gasteiger partial charge in [-0.3, -0.25) is 9.36 Å². The monoisotopic (exact) mass is 263 g/mol. The van der Waals surface area contributed by atoms with Crippen LogP contribution in [0.4, 0.5) is 5.82 Å². The summed E-state index contributed by atoms with van der Waals surface area (Å²) in [6, 6.07) is 1.88. The van der Waals surface area contributed by atoms with Gasteiger partial charge in [-0.05, 0) is 19.4 Å². The molecule has 2 rings (SSSR count). The number of carboxylic acids is 1. The first kappa shape index (κ1) is 13.1. The number of anilines is 1. The van der Waals surface area contributed by atoms with Crippen LogP contribution in [0.25, 0.3) is 0 Å². The second kappa shape index (κ2) is 5.55. The van der Waals surface area contributed by atoms with Crippen LogP contribution in [0.15, 0.2) is 18.5 Å². The highest BCUT2D eigenvalue weighted by atomic mass is 16.4. The van der Waals surface area contributed by atoms with Gasteiger partial charge in [0.15, 0.2) is 0 Å². The minimum Gasteiger partial charge on any atom is -0.477 e. The highest BCUT2D eigenvalue weighted by Gasteiger charge is 2.18. The summed E-state index contributed by atoms with van der Waals surface area (Å²) in [5.41, 5.74) is 0.756. The first-order chi connectivity index (χ1) is 9.09. The van der Waals surface area contributed by atoms with Crippen molar-refractivity contribution in [1.82, 2.24) is 19.6 Å². The van der Waals surface area contributed by atoms with E-state index in [-0.39, 0.29) is 5.56 Å². The maximum atomic E-state index is 11.2. The number of rotatable bonds is 6. The van der Waals surface area contributed by atoms with Crippen molar-refractivity contribution >= 4 is 11.8 Å². The largest absolute Gasteiger partial charge is 0.477 e. The molecule has 0 aliphatic heterocycles. The number of aryl methyl sites for hydroxylation is 3. The lowest BCUT2D eigenvalue weighted by atomic mass is 10.2. The highest BCUT2D eigenvalue weighted by Crippen LogP contribution is 2.18. The van der Waals surface area contributed by atoms with Gasteiger partial charge in [-0.1, -0.05) is 0 Å². The van der Waals surface area contributed by atoms with Crippen LogP contribution in [-0.2, 0) is 13.6 Å². The molecular formula is C12H17N5O2. The Labute approximate surface area is 110 Å². The van der Waals surface area contributed by atoms with Crippen molar-refractivity contribution in [3.8, 4) is 0 Å². The smallest absolute Gasteiger partial charge is 0.341 e. The van der Waals surface area contributed by atoms with Crippen molar-refractivity contribution in [3.63, 3.8) is 0 Å². The maximum absolute atomic E-state index is 11.2. The van der Waals surface area contributed by atoms with Crippen LogP contribution in [0.3, 0.4) is 0 Å².